The molecule has 27 heavy (non-hydrogen) atoms. The van der Waals surface area contributed by atoms with Gasteiger partial charge in [-0.3, -0.25) is 14.6 Å². The van der Waals surface area contributed by atoms with Crippen LogP contribution in [0.15, 0.2) is 60.0 Å². The number of nitrogens with zero attached hydrogens (tertiary/aromatic N) is 4. The highest BCUT2D eigenvalue weighted by molar-refractivity contribution is 5.94. The van der Waals surface area contributed by atoms with Gasteiger partial charge in [0.2, 0.25) is 5.91 Å². The van der Waals surface area contributed by atoms with Gasteiger partial charge in [-0.05, 0) is 30.5 Å². The van der Waals surface area contributed by atoms with Gasteiger partial charge in [-0.2, -0.15) is 5.10 Å². The first-order valence-corrected chi connectivity index (χ1v) is 9.34. The number of carbonyl (C=O) groups is 2. The Kier molecular flexibility index (Phi) is 4.96. The van der Waals surface area contributed by atoms with Crippen LogP contribution in [0.3, 0.4) is 0 Å². The third-order valence-electron chi connectivity index (χ3n) is 5.30. The molecule has 0 radical (unpaired) electrons. The van der Waals surface area contributed by atoms with E-state index < -0.39 is 0 Å². The summed E-state index contributed by atoms with van der Waals surface area (Å²) in [5.41, 5.74) is 1.75. The Morgan fingerprint density at radius 2 is 1.67 bits per heavy atom. The zero-order valence-electron chi connectivity index (χ0n) is 15.1. The van der Waals surface area contributed by atoms with E-state index in [0.717, 1.165) is 12.0 Å². The molecule has 0 bridgehead atoms. The minimum Gasteiger partial charge on any atom is -0.339 e. The Balaban J connectivity index is 1.38. The van der Waals surface area contributed by atoms with Crippen molar-refractivity contribution in [2.24, 2.45) is 11.0 Å². The van der Waals surface area contributed by atoms with E-state index in [1.54, 1.807) is 29.5 Å². The second kappa shape index (κ2) is 7.70. The third-order valence-corrected chi connectivity index (χ3v) is 5.30. The number of hydrogen-bond acceptors (Lipinski definition) is 4. The molecular weight excluding hydrogens is 340 g/mol. The van der Waals surface area contributed by atoms with Gasteiger partial charge in [0.1, 0.15) is 0 Å². The number of pyridine rings is 1. The molecule has 0 spiro atoms. The SMILES string of the molecule is O=C(c1ccncc1)N1CCC(C(=O)N2N=CCC2c2ccccc2)CC1. The third kappa shape index (κ3) is 3.60. The molecule has 1 fully saturated rings. The van der Waals surface area contributed by atoms with E-state index in [-0.39, 0.29) is 23.8 Å². The predicted molar refractivity (Wildman–Crippen MR) is 102 cm³/mol. The molecule has 138 valence electrons. The van der Waals surface area contributed by atoms with Gasteiger partial charge in [-0.1, -0.05) is 30.3 Å². The first-order valence-electron chi connectivity index (χ1n) is 9.34. The number of benzene rings is 1. The molecule has 6 nitrogen and oxygen atoms in total. The highest BCUT2D eigenvalue weighted by atomic mass is 16.2. The Morgan fingerprint density at radius 3 is 2.37 bits per heavy atom. The van der Waals surface area contributed by atoms with Crippen LogP contribution in [-0.2, 0) is 4.79 Å². The number of hydrazone groups is 1. The summed E-state index contributed by atoms with van der Waals surface area (Å²) in [6.45, 7) is 1.18. The normalized spacial score (nSPS) is 20.1. The van der Waals surface area contributed by atoms with Crippen molar-refractivity contribution in [3.8, 4) is 0 Å². The molecule has 1 aromatic heterocycles. The number of amides is 2. The van der Waals surface area contributed by atoms with Gasteiger partial charge in [0, 0.05) is 49.6 Å². The zero-order valence-corrected chi connectivity index (χ0v) is 15.1. The quantitative estimate of drug-likeness (QED) is 0.843. The molecule has 2 amide bonds. The largest absolute Gasteiger partial charge is 0.339 e. The van der Waals surface area contributed by atoms with Gasteiger partial charge >= 0.3 is 0 Å². The summed E-state index contributed by atoms with van der Waals surface area (Å²) in [5.74, 6) is -0.0220. The average Bonchev–Trinajstić information content (AvgIpc) is 3.24. The van der Waals surface area contributed by atoms with E-state index in [9.17, 15) is 9.59 Å². The molecule has 1 aromatic carbocycles. The minimum atomic E-state index is -0.0899. The lowest BCUT2D eigenvalue weighted by Gasteiger charge is -2.33. The molecule has 0 N–H and O–H groups in total. The average molecular weight is 362 g/mol. The van der Waals surface area contributed by atoms with Crippen molar-refractivity contribution in [2.75, 3.05) is 13.1 Å². The smallest absolute Gasteiger partial charge is 0.253 e. The van der Waals surface area contributed by atoms with Crippen molar-refractivity contribution >= 4 is 18.0 Å². The molecule has 1 unspecified atom stereocenters. The van der Waals surface area contributed by atoms with Gasteiger partial charge < -0.3 is 4.90 Å². The maximum Gasteiger partial charge on any atom is 0.253 e. The van der Waals surface area contributed by atoms with Crippen LogP contribution in [0.1, 0.15) is 41.2 Å². The van der Waals surface area contributed by atoms with Crippen LogP contribution >= 0.6 is 0 Å². The predicted octanol–water partition coefficient (Wildman–Crippen LogP) is 2.89. The highest BCUT2D eigenvalue weighted by Crippen LogP contribution is 2.31. The van der Waals surface area contributed by atoms with Crippen LogP contribution in [-0.4, -0.2) is 46.0 Å². The maximum atomic E-state index is 13.0. The molecule has 3 heterocycles. The Labute approximate surface area is 158 Å². The fraction of sp³-hybridized carbons (Fsp3) is 0.333. The van der Waals surface area contributed by atoms with E-state index in [1.165, 1.54) is 0 Å². The van der Waals surface area contributed by atoms with Crippen LogP contribution in [0.25, 0.3) is 0 Å². The number of carbonyl (C=O) groups excluding carboxylic acids is 2. The molecule has 0 saturated carbocycles. The Hall–Kier alpha value is -3.02. The molecule has 1 saturated heterocycles. The summed E-state index contributed by atoms with van der Waals surface area (Å²) in [6, 6.07) is 13.5. The van der Waals surface area contributed by atoms with E-state index in [2.05, 4.69) is 10.1 Å². The summed E-state index contributed by atoms with van der Waals surface area (Å²) in [6.07, 6.45) is 7.15. The van der Waals surface area contributed by atoms with Gasteiger partial charge in [0.05, 0.1) is 6.04 Å². The van der Waals surface area contributed by atoms with Crippen molar-refractivity contribution in [3.63, 3.8) is 0 Å². The molecule has 1 atom stereocenters. The molecule has 2 aliphatic rings. The summed E-state index contributed by atoms with van der Waals surface area (Å²) < 4.78 is 0. The van der Waals surface area contributed by atoms with Crippen molar-refractivity contribution in [2.45, 2.75) is 25.3 Å². The van der Waals surface area contributed by atoms with Crippen molar-refractivity contribution in [1.82, 2.24) is 14.9 Å². The molecule has 4 rings (SSSR count). The second-order valence-corrected chi connectivity index (χ2v) is 6.95. The fourth-order valence-corrected chi connectivity index (χ4v) is 3.77. The van der Waals surface area contributed by atoms with Crippen molar-refractivity contribution in [1.29, 1.82) is 0 Å². The summed E-state index contributed by atoms with van der Waals surface area (Å²) in [5, 5.41) is 5.98. The first kappa shape index (κ1) is 17.4. The molecule has 6 heteroatoms. The van der Waals surface area contributed by atoms with Crippen molar-refractivity contribution < 1.29 is 9.59 Å². The van der Waals surface area contributed by atoms with Gasteiger partial charge in [-0.25, -0.2) is 5.01 Å². The van der Waals surface area contributed by atoms with E-state index in [1.807, 2.05) is 41.4 Å². The van der Waals surface area contributed by atoms with E-state index in [0.29, 0.717) is 31.5 Å². The monoisotopic (exact) mass is 362 g/mol. The maximum absolute atomic E-state index is 13.0. The number of rotatable bonds is 3. The number of hydrogen-bond donors (Lipinski definition) is 0. The zero-order chi connectivity index (χ0) is 18.6. The standard InChI is InChI=1S/C21H22N4O2/c26-20(17-6-11-22-12-7-17)24-14-9-18(10-15-24)21(27)25-19(8-13-23-25)16-4-2-1-3-5-16/h1-7,11-13,18-19H,8-10,14-15H2. The molecular formula is C21H22N4O2. The van der Waals surface area contributed by atoms with Gasteiger partial charge in [0.25, 0.3) is 5.91 Å². The van der Waals surface area contributed by atoms with Crippen LogP contribution in [0, 0.1) is 5.92 Å². The Morgan fingerprint density at radius 1 is 0.963 bits per heavy atom. The number of aromatic nitrogens is 1. The lowest BCUT2D eigenvalue weighted by molar-refractivity contribution is -0.138. The first-order chi connectivity index (χ1) is 13.2. The van der Waals surface area contributed by atoms with Gasteiger partial charge in [-0.15, -0.1) is 0 Å². The molecule has 2 aliphatic heterocycles. The Bertz CT molecular complexity index is 830. The topological polar surface area (TPSA) is 65.9 Å². The van der Waals surface area contributed by atoms with E-state index >= 15 is 0 Å². The van der Waals surface area contributed by atoms with Crippen molar-refractivity contribution in [3.05, 3.63) is 66.0 Å². The van der Waals surface area contributed by atoms with Crippen LogP contribution in [0.5, 0.6) is 0 Å². The van der Waals surface area contributed by atoms with Crippen LogP contribution in [0.4, 0.5) is 0 Å². The minimum absolute atomic E-state index is 0.00431. The summed E-state index contributed by atoms with van der Waals surface area (Å²) in [7, 11) is 0. The summed E-state index contributed by atoms with van der Waals surface area (Å²) in [4.78, 5) is 31.4. The lowest BCUT2D eigenvalue weighted by Crippen LogP contribution is -2.43. The molecule has 2 aromatic rings. The van der Waals surface area contributed by atoms with E-state index in [4.69, 9.17) is 0 Å². The number of piperidine rings is 1. The summed E-state index contributed by atoms with van der Waals surface area (Å²) >= 11 is 0. The van der Waals surface area contributed by atoms with Gasteiger partial charge in [0.15, 0.2) is 0 Å². The van der Waals surface area contributed by atoms with Crippen LogP contribution < -0.4 is 0 Å². The second-order valence-electron chi connectivity index (χ2n) is 6.95. The lowest BCUT2D eigenvalue weighted by atomic mass is 9.94. The fourth-order valence-electron chi connectivity index (χ4n) is 3.77. The van der Waals surface area contributed by atoms with Crippen LogP contribution in [0.2, 0.25) is 0 Å². The number of likely N-dealkylation sites (tertiary alicyclic amines) is 1. The highest BCUT2D eigenvalue weighted by Gasteiger charge is 2.35. The molecule has 0 aliphatic carbocycles.